The molecule has 0 aliphatic carbocycles. The van der Waals surface area contributed by atoms with Crippen molar-refractivity contribution >= 4 is 11.6 Å². The number of pyridine rings is 1. The number of hydrogen-bond acceptors (Lipinski definition) is 5. The minimum atomic E-state index is -0.555. The Labute approximate surface area is 141 Å². The van der Waals surface area contributed by atoms with Gasteiger partial charge in [0.1, 0.15) is 11.5 Å². The second kappa shape index (κ2) is 7.42. The first-order chi connectivity index (χ1) is 11.7. The van der Waals surface area contributed by atoms with E-state index in [-0.39, 0.29) is 5.91 Å². The van der Waals surface area contributed by atoms with Crippen LogP contribution in [-0.4, -0.2) is 30.6 Å². The summed E-state index contributed by atoms with van der Waals surface area (Å²) in [4.78, 5) is 16.6. The molecular formula is C18H21N3O3. The van der Waals surface area contributed by atoms with E-state index >= 15 is 0 Å². The highest BCUT2D eigenvalue weighted by Gasteiger charge is 2.38. The second-order valence-corrected chi connectivity index (χ2v) is 5.86. The van der Waals surface area contributed by atoms with Gasteiger partial charge in [-0.05, 0) is 37.1 Å². The summed E-state index contributed by atoms with van der Waals surface area (Å²) in [6, 6.07) is 10.9. The maximum atomic E-state index is 12.7. The summed E-state index contributed by atoms with van der Waals surface area (Å²) in [5.74, 6) is 1.28. The highest BCUT2D eigenvalue weighted by molar-refractivity contribution is 5.95. The Hall–Kier alpha value is -2.44. The molecule has 1 aromatic heterocycles. The van der Waals surface area contributed by atoms with Gasteiger partial charge in [-0.3, -0.25) is 9.78 Å². The number of nitrogens with two attached hydrogens (primary N) is 1. The van der Waals surface area contributed by atoms with E-state index in [9.17, 15) is 4.79 Å². The molecule has 1 amide bonds. The van der Waals surface area contributed by atoms with Crippen LogP contribution in [-0.2, 0) is 9.53 Å². The van der Waals surface area contributed by atoms with Crippen molar-refractivity contribution in [3.63, 3.8) is 0 Å². The van der Waals surface area contributed by atoms with E-state index < -0.39 is 5.41 Å². The Morgan fingerprint density at radius 2 is 1.96 bits per heavy atom. The van der Waals surface area contributed by atoms with Gasteiger partial charge in [-0.25, -0.2) is 0 Å². The molecule has 1 fully saturated rings. The van der Waals surface area contributed by atoms with E-state index in [1.54, 1.807) is 30.6 Å². The molecule has 2 aromatic rings. The van der Waals surface area contributed by atoms with E-state index in [4.69, 9.17) is 15.2 Å². The van der Waals surface area contributed by atoms with Gasteiger partial charge < -0.3 is 20.5 Å². The molecule has 3 rings (SSSR count). The Kier molecular flexibility index (Phi) is 5.08. The monoisotopic (exact) mass is 327 g/mol. The zero-order chi connectivity index (χ0) is 16.8. The minimum Gasteiger partial charge on any atom is -0.457 e. The molecule has 0 radical (unpaired) electrons. The normalized spacial score (nSPS) is 16.4. The Balaban J connectivity index is 1.71. The molecule has 24 heavy (non-hydrogen) atoms. The van der Waals surface area contributed by atoms with Crippen molar-refractivity contribution in [2.45, 2.75) is 12.8 Å². The fourth-order valence-electron chi connectivity index (χ4n) is 2.73. The first-order valence-corrected chi connectivity index (χ1v) is 7.99. The average Bonchev–Trinajstić information content (AvgIpc) is 2.63. The second-order valence-electron chi connectivity index (χ2n) is 5.86. The van der Waals surface area contributed by atoms with Crippen LogP contribution >= 0.6 is 0 Å². The molecule has 1 aliphatic heterocycles. The quantitative estimate of drug-likeness (QED) is 0.881. The zero-order valence-electron chi connectivity index (χ0n) is 13.4. The number of hydrogen-bond donors (Lipinski definition) is 2. The van der Waals surface area contributed by atoms with Gasteiger partial charge in [0, 0.05) is 43.9 Å². The summed E-state index contributed by atoms with van der Waals surface area (Å²) in [6.07, 6.45) is 4.61. The molecule has 6 nitrogen and oxygen atoms in total. The lowest BCUT2D eigenvalue weighted by Crippen LogP contribution is -2.46. The van der Waals surface area contributed by atoms with E-state index in [2.05, 4.69) is 10.3 Å². The topological polar surface area (TPSA) is 86.5 Å². The fourth-order valence-corrected chi connectivity index (χ4v) is 2.73. The fraction of sp³-hybridized carbons (Fsp3) is 0.333. The van der Waals surface area contributed by atoms with Crippen molar-refractivity contribution in [2.75, 3.05) is 25.1 Å². The van der Waals surface area contributed by atoms with E-state index in [0.717, 1.165) is 0 Å². The summed E-state index contributed by atoms with van der Waals surface area (Å²) in [5, 5.41) is 2.96. The number of rotatable bonds is 5. The zero-order valence-corrected chi connectivity index (χ0v) is 13.4. The summed E-state index contributed by atoms with van der Waals surface area (Å²) < 4.78 is 11.1. The molecular weight excluding hydrogens is 306 g/mol. The van der Waals surface area contributed by atoms with Crippen LogP contribution in [0.3, 0.4) is 0 Å². The number of carbonyl (C=O) groups is 1. The van der Waals surface area contributed by atoms with Crippen LogP contribution in [0.4, 0.5) is 5.69 Å². The molecule has 0 unspecified atom stereocenters. The highest BCUT2D eigenvalue weighted by Crippen LogP contribution is 2.31. The third-order valence-electron chi connectivity index (χ3n) is 4.30. The van der Waals surface area contributed by atoms with Crippen molar-refractivity contribution in [3.05, 3.63) is 48.8 Å². The number of anilines is 1. The SMILES string of the molecule is NCC1(C(=O)Nc2cccc(Oc3ccncc3)c2)CCOCC1. The third-order valence-corrected chi connectivity index (χ3v) is 4.30. The van der Waals surface area contributed by atoms with Crippen LogP contribution < -0.4 is 15.8 Å². The Morgan fingerprint density at radius 1 is 1.21 bits per heavy atom. The van der Waals surface area contributed by atoms with Crippen molar-refractivity contribution in [3.8, 4) is 11.5 Å². The van der Waals surface area contributed by atoms with Gasteiger partial charge in [-0.1, -0.05) is 6.07 Å². The molecule has 1 saturated heterocycles. The standard InChI is InChI=1S/C18H21N3O3/c19-13-18(6-10-23-11-7-18)17(22)21-14-2-1-3-16(12-14)24-15-4-8-20-9-5-15/h1-5,8-9,12H,6-7,10-11,13,19H2,(H,21,22). The summed E-state index contributed by atoms with van der Waals surface area (Å²) in [5.41, 5.74) is 6.01. The van der Waals surface area contributed by atoms with Gasteiger partial charge in [0.2, 0.25) is 5.91 Å². The molecule has 3 N–H and O–H groups in total. The number of nitrogens with zero attached hydrogens (tertiary/aromatic N) is 1. The van der Waals surface area contributed by atoms with Gasteiger partial charge in [-0.15, -0.1) is 0 Å². The minimum absolute atomic E-state index is 0.0608. The number of aromatic nitrogens is 1. The van der Waals surface area contributed by atoms with Crippen LogP contribution in [0.25, 0.3) is 0 Å². The molecule has 126 valence electrons. The first kappa shape index (κ1) is 16.4. The highest BCUT2D eigenvalue weighted by atomic mass is 16.5. The molecule has 0 atom stereocenters. The van der Waals surface area contributed by atoms with Crippen molar-refractivity contribution in [2.24, 2.45) is 11.1 Å². The molecule has 1 aromatic carbocycles. The summed E-state index contributed by atoms with van der Waals surface area (Å²) >= 11 is 0. The lowest BCUT2D eigenvalue weighted by Gasteiger charge is -2.34. The molecule has 0 spiro atoms. The molecule has 2 heterocycles. The maximum Gasteiger partial charge on any atom is 0.232 e. The van der Waals surface area contributed by atoms with Crippen molar-refractivity contribution in [1.82, 2.24) is 4.98 Å². The number of benzene rings is 1. The molecule has 6 heteroatoms. The lowest BCUT2D eigenvalue weighted by molar-refractivity contribution is -0.130. The Morgan fingerprint density at radius 3 is 2.67 bits per heavy atom. The number of nitrogens with one attached hydrogen (secondary N) is 1. The predicted octanol–water partition coefficient (Wildman–Crippen LogP) is 2.57. The number of ether oxygens (including phenoxy) is 2. The molecule has 1 aliphatic rings. The van der Waals surface area contributed by atoms with Crippen LogP contribution in [0.15, 0.2) is 48.8 Å². The van der Waals surface area contributed by atoms with E-state index in [1.807, 2.05) is 18.2 Å². The number of carbonyl (C=O) groups excluding carboxylic acids is 1. The van der Waals surface area contributed by atoms with Crippen molar-refractivity contribution in [1.29, 1.82) is 0 Å². The van der Waals surface area contributed by atoms with Crippen molar-refractivity contribution < 1.29 is 14.3 Å². The smallest absolute Gasteiger partial charge is 0.232 e. The molecule has 0 saturated carbocycles. The first-order valence-electron chi connectivity index (χ1n) is 7.99. The van der Waals surface area contributed by atoms with Crippen LogP contribution in [0.1, 0.15) is 12.8 Å². The van der Waals surface area contributed by atoms with Crippen LogP contribution in [0.5, 0.6) is 11.5 Å². The third kappa shape index (κ3) is 3.72. The summed E-state index contributed by atoms with van der Waals surface area (Å²) in [7, 11) is 0. The van der Waals surface area contributed by atoms with Gasteiger partial charge in [0.25, 0.3) is 0 Å². The largest absolute Gasteiger partial charge is 0.457 e. The van der Waals surface area contributed by atoms with Gasteiger partial charge >= 0.3 is 0 Å². The van der Waals surface area contributed by atoms with Gasteiger partial charge in [-0.2, -0.15) is 0 Å². The summed E-state index contributed by atoms with van der Waals surface area (Å²) in [6.45, 7) is 1.45. The van der Waals surface area contributed by atoms with E-state index in [1.165, 1.54) is 0 Å². The van der Waals surface area contributed by atoms with Crippen LogP contribution in [0.2, 0.25) is 0 Å². The van der Waals surface area contributed by atoms with E-state index in [0.29, 0.717) is 49.8 Å². The maximum absolute atomic E-state index is 12.7. The van der Waals surface area contributed by atoms with Crippen LogP contribution in [0, 0.1) is 5.41 Å². The van der Waals surface area contributed by atoms with Gasteiger partial charge in [0.15, 0.2) is 0 Å². The lowest BCUT2D eigenvalue weighted by atomic mass is 9.79. The van der Waals surface area contributed by atoms with Gasteiger partial charge in [0.05, 0.1) is 5.41 Å². The molecule has 0 bridgehead atoms. The predicted molar refractivity (Wildman–Crippen MR) is 90.9 cm³/mol. The average molecular weight is 327 g/mol. The Bertz CT molecular complexity index is 685. The number of amides is 1.